The molecule has 0 spiro atoms. The summed E-state index contributed by atoms with van der Waals surface area (Å²) in [4.78, 5) is 7.10. The molecule has 0 unspecified atom stereocenters. The third kappa shape index (κ3) is 4.68. The van der Waals surface area contributed by atoms with Crippen LogP contribution in [0.3, 0.4) is 0 Å². The van der Waals surface area contributed by atoms with Crippen LogP contribution in [0, 0.1) is 0 Å². The zero-order valence-electron chi connectivity index (χ0n) is 20.9. The second kappa shape index (κ2) is 9.97. The van der Waals surface area contributed by atoms with Crippen molar-refractivity contribution in [1.82, 2.24) is 18.9 Å². The van der Waals surface area contributed by atoms with Gasteiger partial charge in [-0.1, -0.05) is 0 Å². The Labute approximate surface area is 211 Å². The van der Waals surface area contributed by atoms with E-state index in [9.17, 15) is 13.5 Å². The van der Waals surface area contributed by atoms with Gasteiger partial charge in [0.25, 0.3) is 0 Å². The highest BCUT2D eigenvalue weighted by atomic mass is 32.2. The molecule has 0 radical (unpaired) electrons. The monoisotopic (exact) mass is 515 g/mol. The Bertz CT molecular complexity index is 1350. The zero-order chi connectivity index (χ0) is 25.4. The Kier molecular flexibility index (Phi) is 6.90. The maximum absolute atomic E-state index is 12.0. The number of piperidine rings is 1. The molecule has 2 aromatic heterocycles. The van der Waals surface area contributed by atoms with E-state index in [-0.39, 0.29) is 18.6 Å². The van der Waals surface area contributed by atoms with Crippen LogP contribution in [0.4, 0.5) is 5.69 Å². The minimum absolute atomic E-state index is 0.137. The number of benzene rings is 1. The molecule has 194 valence electrons. The predicted molar refractivity (Wildman–Crippen MR) is 137 cm³/mol. The number of aliphatic hydroxyl groups is 1. The van der Waals surface area contributed by atoms with Crippen molar-refractivity contribution in [1.29, 1.82) is 0 Å². The Hall–Kier alpha value is -2.73. The van der Waals surface area contributed by atoms with Crippen molar-refractivity contribution >= 4 is 21.4 Å². The molecule has 1 atom stereocenters. The van der Waals surface area contributed by atoms with E-state index < -0.39 is 10.0 Å². The molecule has 1 aromatic carbocycles. The van der Waals surface area contributed by atoms with Crippen LogP contribution in [0.1, 0.15) is 36.9 Å². The third-order valence-electron chi connectivity index (χ3n) is 7.24. The lowest BCUT2D eigenvalue weighted by Gasteiger charge is -2.35. The van der Waals surface area contributed by atoms with Gasteiger partial charge in [0.15, 0.2) is 5.65 Å². The van der Waals surface area contributed by atoms with Crippen molar-refractivity contribution in [3.05, 3.63) is 41.7 Å². The lowest BCUT2D eigenvalue weighted by atomic mass is 9.95. The zero-order valence-corrected chi connectivity index (χ0v) is 21.7. The molecular weight excluding hydrogens is 482 g/mol. The van der Waals surface area contributed by atoms with Crippen molar-refractivity contribution in [2.75, 3.05) is 51.1 Å². The molecule has 11 heteroatoms. The minimum Gasteiger partial charge on any atom is -0.496 e. The van der Waals surface area contributed by atoms with Gasteiger partial charge in [0, 0.05) is 42.7 Å². The van der Waals surface area contributed by atoms with E-state index in [4.69, 9.17) is 19.6 Å². The summed E-state index contributed by atoms with van der Waals surface area (Å²) in [5, 5.41) is 14.9. The van der Waals surface area contributed by atoms with Crippen molar-refractivity contribution in [2.45, 2.75) is 38.3 Å². The first-order chi connectivity index (χ1) is 17.3. The van der Waals surface area contributed by atoms with Crippen molar-refractivity contribution in [3.63, 3.8) is 0 Å². The summed E-state index contributed by atoms with van der Waals surface area (Å²) < 4.78 is 38.5. The van der Waals surface area contributed by atoms with E-state index in [2.05, 4.69) is 17.9 Å². The highest BCUT2D eigenvalue weighted by molar-refractivity contribution is 7.88. The minimum atomic E-state index is -3.20. The highest BCUT2D eigenvalue weighted by Crippen LogP contribution is 2.35. The van der Waals surface area contributed by atoms with Crippen molar-refractivity contribution in [2.24, 2.45) is 0 Å². The van der Waals surface area contributed by atoms with Crippen LogP contribution in [0.15, 0.2) is 30.5 Å². The molecule has 2 saturated heterocycles. The van der Waals surface area contributed by atoms with E-state index in [1.807, 2.05) is 28.9 Å². The molecular formula is C25H33N5O5S. The average molecular weight is 516 g/mol. The number of aliphatic hydroxyl groups excluding tert-OH is 1. The normalized spacial score (nSPS) is 20.2. The SMILES string of the molecule is COc1ccc(-c2cc(N3CCOC[C@@H]3C)c3ncc(C4CCN(S(C)(=O)=O)CC4)n3n2)cc1CO. The summed E-state index contributed by atoms with van der Waals surface area (Å²) in [6.45, 7) is 5.00. The number of anilines is 1. The number of aromatic nitrogens is 3. The number of nitrogens with zero attached hydrogens (tertiary/aromatic N) is 5. The van der Waals surface area contributed by atoms with Gasteiger partial charge >= 0.3 is 0 Å². The fourth-order valence-corrected chi connectivity index (χ4v) is 6.10. The second-order valence-electron chi connectivity index (χ2n) is 9.57. The molecule has 0 aliphatic carbocycles. The second-order valence-corrected chi connectivity index (χ2v) is 11.6. The fourth-order valence-electron chi connectivity index (χ4n) is 5.23. The van der Waals surface area contributed by atoms with Gasteiger partial charge in [-0.25, -0.2) is 22.2 Å². The van der Waals surface area contributed by atoms with E-state index >= 15 is 0 Å². The summed E-state index contributed by atoms with van der Waals surface area (Å²) in [6, 6.07) is 7.93. The van der Waals surface area contributed by atoms with Crippen molar-refractivity contribution < 1.29 is 23.0 Å². The highest BCUT2D eigenvalue weighted by Gasteiger charge is 2.30. The van der Waals surface area contributed by atoms with E-state index in [0.29, 0.717) is 50.5 Å². The van der Waals surface area contributed by atoms with Gasteiger partial charge in [-0.15, -0.1) is 0 Å². The van der Waals surface area contributed by atoms with Gasteiger partial charge < -0.3 is 19.5 Å². The molecule has 3 aromatic rings. The Morgan fingerprint density at radius 1 is 1.19 bits per heavy atom. The van der Waals surface area contributed by atoms with E-state index in [1.165, 1.54) is 6.26 Å². The van der Waals surface area contributed by atoms with Gasteiger partial charge in [-0.3, -0.25) is 0 Å². The van der Waals surface area contributed by atoms with Crippen LogP contribution < -0.4 is 9.64 Å². The number of methoxy groups -OCH3 is 1. The van der Waals surface area contributed by atoms with Crippen LogP contribution in [0.25, 0.3) is 16.9 Å². The number of rotatable bonds is 6. The summed E-state index contributed by atoms with van der Waals surface area (Å²) >= 11 is 0. The smallest absolute Gasteiger partial charge is 0.211 e. The number of morpholine rings is 1. The Morgan fingerprint density at radius 3 is 2.64 bits per heavy atom. The predicted octanol–water partition coefficient (Wildman–Crippen LogP) is 2.26. The summed E-state index contributed by atoms with van der Waals surface area (Å²) in [6.07, 6.45) is 4.58. The largest absolute Gasteiger partial charge is 0.496 e. The number of ether oxygens (including phenoxy) is 2. The van der Waals surface area contributed by atoms with E-state index in [1.54, 1.807) is 11.4 Å². The summed E-state index contributed by atoms with van der Waals surface area (Å²) in [5.74, 6) is 0.782. The molecule has 2 aliphatic heterocycles. The average Bonchev–Trinajstić information content (AvgIpc) is 3.32. The van der Waals surface area contributed by atoms with Crippen LogP contribution in [-0.2, 0) is 21.4 Å². The number of hydrogen-bond acceptors (Lipinski definition) is 8. The Balaban J connectivity index is 1.60. The molecule has 0 amide bonds. The molecule has 0 saturated carbocycles. The number of imidazole rings is 1. The standard InChI is InChI=1S/C25H33N5O5S/c1-17-16-35-11-10-29(17)22-13-21(19-4-5-24(34-2)20(12-19)15-31)27-30-23(14-26-25(22)30)18-6-8-28(9-7-18)36(3,32)33/h4-5,12-14,17-18,31H,6-11,15-16H2,1-3H3/t17-/m0/s1. The molecule has 10 nitrogen and oxygen atoms in total. The van der Waals surface area contributed by atoms with Crippen LogP contribution in [0.5, 0.6) is 5.75 Å². The lowest BCUT2D eigenvalue weighted by Crippen LogP contribution is -2.44. The van der Waals surface area contributed by atoms with Crippen LogP contribution >= 0.6 is 0 Å². The number of sulfonamides is 1. The molecule has 2 fully saturated rings. The Morgan fingerprint density at radius 2 is 1.97 bits per heavy atom. The topological polar surface area (TPSA) is 110 Å². The number of fused-ring (bicyclic) bond motifs is 1. The van der Waals surface area contributed by atoms with Gasteiger partial charge in [0.05, 0.1) is 56.5 Å². The molecule has 4 heterocycles. The molecule has 36 heavy (non-hydrogen) atoms. The van der Waals surface area contributed by atoms with Gasteiger partial charge in [0.2, 0.25) is 10.0 Å². The van der Waals surface area contributed by atoms with Crippen molar-refractivity contribution in [3.8, 4) is 17.0 Å². The third-order valence-corrected chi connectivity index (χ3v) is 8.54. The maximum Gasteiger partial charge on any atom is 0.211 e. The molecule has 5 rings (SSSR count). The van der Waals surface area contributed by atoms with Gasteiger partial charge in [0.1, 0.15) is 5.75 Å². The lowest BCUT2D eigenvalue weighted by molar-refractivity contribution is 0.0990. The first-order valence-electron chi connectivity index (χ1n) is 12.3. The first kappa shape index (κ1) is 24.9. The molecule has 2 aliphatic rings. The van der Waals surface area contributed by atoms with Crippen LogP contribution in [0.2, 0.25) is 0 Å². The number of hydrogen-bond donors (Lipinski definition) is 1. The quantitative estimate of drug-likeness (QED) is 0.533. The molecule has 1 N–H and O–H groups in total. The maximum atomic E-state index is 12.0. The molecule has 0 bridgehead atoms. The fraction of sp³-hybridized carbons (Fsp3) is 0.520. The van der Waals surface area contributed by atoms with Gasteiger partial charge in [-0.05, 0) is 44.0 Å². The first-order valence-corrected chi connectivity index (χ1v) is 14.1. The van der Waals surface area contributed by atoms with Crippen LogP contribution in [-0.4, -0.2) is 84.7 Å². The van der Waals surface area contributed by atoms with Gasteiger partial charge in [-0.2, -0.15) is 5.10 Å². The summed E-state index contributed by atoms with van der Waals surface area (Å²) in [7, 11) is -1.61. The van der Waals surface area contributed by atoms with E-state index in [0.717, 1.165) is 34.8 Å². The summed E-state index contributed by atoms with van der Waals surface area (Å²) in [5.41, 5.74) is 5.08.